The van der Waals surface area contributed by atoms with Crippen LogP contribution in [0.4, 0.5) is 5.69 Å². The molecule has 0 atom stereocenters. The van der Waals surface area contributed by atoms with E-state index < -0.39 is 11.8 Å². The van der Waals surface area contributed by atoms with Crippen LogP contribution >= 0.6 is 0 Å². The fraction of sp³-hybridized carbons (Fsp3) is 0.100. The van der Waals surface area contributed by atoms with Gasteiger partial charge in [0.15, 0.2) is 0 Å². The SMILES string of the molecule is Cc1cccc(C)c1N(C(=O)c1ccccn1)C(=O)c1ccccn1. The van der Waals surface area contributed by atoms with E-state index in [1.165, 1.54) is 12.4 Å². The van der Waals surface area contributed by atoms with Crippen LogP contribution in [0, 0.1) is 13.8 Å². The first kappa shape index (κ1) is 16.5. The van der Waals surface area contributed by atoms with Crippen LogP contribution in [-0.4, -0.2) is 21.8 Å². The van der Waals surface area contributed by atoms with Crippen LogP contribution in [-0.2, 0) is 0 Å². The van der Waals surface area contributed by atoms with E-state index in [2.05, 4.69) is 9.97 Å². The minimum atomic E-state index is -0.478. The van der Waals surface area contributed by atoms with Gasteiger partial charge in [-0.05, 0) is 49.2 Å². The average molecular weight is 331 g/mol. The van der Waals surface area contributed by atoms with Gasteiger partial charge in [-0.25, -0.2) is 4.90 Å². The Bertz CT molecular complexity index is 837. The maximum atomic E-state index is 13.1. The molecule has 0 aliphatic carbocycles. The lowest BCUT2D eigenvalue weighted by atomic mass is 10.1. The number of para-hydroxylation sites is 1. The van der Waals surface area contributed by atoms with Crippen molar-refractivity contribution in [3.05, 3.63) is 89.5 Å². The van der Waals surface area contributed by atoms with Crippen molar-refractivity contribution in [2.24, 2.45) is 0 Å². The molecule has 0 bridgehead atoms. The molecule has 3 rings (SSSR count). The lowest BCUT2D eigenvalue weighted by molar-refractivity contribution is 0.0891. The predicted molar refractivity (Wildman–Crippen MR) is 95.5 cm³/mol. The van der Waals surface area contributed by atoms with E-state index in [0.717, 1.165) is 16.0 Å². The molecule has 0 aliphatic heterocycles. The number of carbonyl (C=O) groups excluding carboxylic acids is 2. The van der Waals surface area contributed by atoms with Crippen LogP contribution in [0.25, 0.3) is 0 Å². The molecule has 5 nitrogen and oxygen atoms in total. The topological polar surface area (TPSA) is 63.2 Å². The number of hydrogen-bond donors (Lipinski definition) is 0. The van der Waals surface area contributed by atoms with Crippen molar-refractivity contribution in [2.75, 3.05) is 4.90 Å². The molecule has 124 valence electrons. The Labute approximate surface area is 146 Å². The molecule has 0 saturated carbocycles. The molecule has 0 unspecified atom stereocenters. The summed E-state index contributed by atoms with van der Waals surface area (Å²) in [6.45, 7) is 3.74. The zero-order valence-corrected chi connectivity index (χ0v) is 14.0. The minimum absolute atomic E-state index is 0.203. The number of anilines is 1. The molecule has 3 aromatic rings. The van der Waals surface area contributed by atoms with Gasteiger partial charge in [-0.1, -0.05) is 30.3 Å². The van der Waals surface area contributed by atoms with Gasteiger partial charge in [0.25, 0.3) is 11.8 Å². The monoisotopic (exact) mass is 331 g/mol. The van der Waals surface area contributed by atoms with Crippen molar-refractivity contribution >= 4 is 17.5 Å². The Morgan fingerprint density at radius 2 is 1.20 bits per heavy atom. The third kappa shape index (κ3) is 3.30. The highest BCUT2D eigenvalue weighted by Gasteiger charge is 2.29. The number of hydrogen-bond acceptors (Lipinski definition) is 4. The Morgan fingerprint density at radius 3 is 1.60 bits per heavy atom. The summed E-state index contributed by atoms with van der Waals surface area (Å²) in [5.74, 6) is -0.956. The number of pyridine rings is 2. The van der Waals surface area contributed by atoms with Crippen molar-refractivity contribution < 1.29 is 9.59 Å². The summed E-state index contributed by atoms with van der Waals surface area (Å²) < 4.78 is 0. The normalized spacial score (nSPS) is 10.3. The highest BCUT2D eigenvalue weighted by Crippen LogP contribution is 2.27. The zero-order chi connectivity index (χ0) is 17.8. The number of carbonyl (C=O) groups is 2. The number of rotatable bonds is 3. The van der Waals surface area contributed by atoms with Crippen molar-refractivity contribution in [1.82, 2.24) is 9.97 Å². The molecule has 2 heterocycles. The molecule has 0 spiro atoms. The summed E-state index contributed by atoms with van der Waals surface area (Å²) in [5.41, 5.74) is 2.62. The van der Waals surface area contributed by atoms with Crippen molar-refractivity contribution in [1.29, 1.82) is 0 Å². The summed E-state index contributed by atoms with van der Waals surface area (Å²) in [6, 6.07) is 15.7. The summed E-state index contributed by atoms with van der Waals surface area (Å²) in [7, 11) is 0. The van der Waals surface area contributed by atoms with Gasteiger partial charge < -0.3 is 0 Å². The number of aromatic nitrogens is 2. The van der Waals surface area contributed by atoms with Gasteiger partial charge in [0.05, 0.1) is 5.69 Å². The van der Waals surface area contributed by atoms with Gasteiger partial charge in [0.1, 0.15) is 11.4 Å². The summed E-state index contributed by atoms with van der Waals surface area (Å²) >= 11 is 0. The molecule has 2 amide bonds. The largest absolute Gasteiger partial charge is 0.283 e. The second-order valence-electron chi connectivity index (χ2n) is 5.62. The predicted octanol–water partition coefficient (Wildman–Crippen LogP) is 3.58. The van der Waals surface area contributed by atoms with E-state index in [4.69, 9.17) is 0 Å². The highest BCUT2D eigenvalue weighted by atomic mass is 16.2. The van der Waals surface area contributed by atoms with Crippen molar-refractivity contribution in [3.8, 4) is 0 Å². The van der Waals surface area contributed by atoms with E-state index in [0.29, 0.717) is 5.69 Å². The van der Waals surface area contributed by atoms with Crippen molar-refractivity contribution in [3.63, 3.8) is 0 Å². The van der Waals surface area contributed by atoms with E-state index in [1.807, 2.05) is 32.0 Å². The van der Waals surface area contributed by atoms with Crippen LogP contribution in [0.3, 0.4) is 0 Å². The first-order valence-corrected chi connectivity index (χ1v) is 7.86. The molecular formula is C20H17N3O2. The number of benzene rings is 1. The Hall–Kier alpha value is -3.34. The molecule has 0 saturated heterocycles. The molecule has 2 aromatic heterocycles. The average Bonchev–Trinajstić information content (AvgIpc) is 2.65. The first-order valence-electron chi connectivity index (χ1n) is 7.86. The number of imide groups is 1. The molecular weight excluding hydrogens is 314 g/mol. The van der Waals surface area contributed by atoms with Gasteiger partial charge in [-0.3, -0.25) is 19.6 Å². The molecule has 25 heavy (non-hydrogen) atoms. The van der Waals surface area contributed by atoms with Gasteiger partial charge in [-0.2, -0.15) is 0 Å². The first-order chi connectivity index (χ1) is 12.1. The molecule has 0 radical (unpaired) electrons. The quantitative estimate of drug-likeness (QED) is 0.688. The van der Waals surface area contributed by atoms with E-state index in [-0.39, 0.29) is 11.4 Å². The Morgan fingerprint density at radius 1 is 0.720 bits per heavy atom. The summed E-state index contributed by atoms with van der Waals surface area (Å²) in [5, 5.41) is 0. The van der Waals surface area contributed by atoms with Crippen molar-refractivity contribution in [2.45, 2.75) is 13.8 Å². The van der Waals surface area contributed by atoms with Crippen LogP contribution in [0.15, 0.2) is 67.0 Å². The van der Waals surface area contributed by atoms with Crippen LogP contribution in [0.5, 0.6) is 0 Å². The van der Waals surface area contributed by atoms with Gasteiger partial charge in [0, 0.05) is 12.4 Å². The third-order valence-corrected chi connectivity index (χ3v) is 3.84. The van der Waals surface area contributed by atoms with E-state index in [1.54, 1.807) is 36.4 Å². The van der Waals surface area contributed by atoms with Gasteiger partial charge in [0.2, 0.25) is 0 Å². The van der Waals surface area contributed by atoms with Gasteiger partial charge in [-0.15, -0.1) is 0 Å². The zero-order valence-electron chi connectivity index (χ0n) is 14.0. The van der Waals surface area contributed by atoms with E-state index in [9.17, 15) is 9.59 Å². The van der Waals surface area contributed by atoms with Crippen LogP contribution in [0.2, 0.25) is 0 Å². The maximum Gasteiger partial charge on any atom is 0.283 e. The Kier molecular flexibility index (Phi) is 4.66. The van der Waals surface area contributed by atoms with E-state index >= 15 is 0 Å². The summed E-state index contributed by atoms with van der Waals surface area (Å²) in [6.07, 6.45) is 3.06. The smallest absolute Gasteiger partial charge is 0.266 e. The molecule has 0 N–H and O–H groups in total. The Balaban J connectivity index is 2.15. The third-order valence-electron chi connectivity index (χ3n) is 3.84. The fourth-order valence-corrected chi connectivity index (χ4v) is 2.66. The maximum absolute atomic E-state index is 13.1. The number of nitrogens with zero attached hydrogens (tertiary/aromatic N) is 3. The standard InChI is InChI=1S/C20H17N3O2/c1-14-8-7-9-15(2)18(14)23(19(24)16-10-3-5-12-21-16)20(25)17-11-4-6-13-22-17/h3-13H,1-2H3. The van der Waals surface area contributed by atoms with Crippen LogP contribution in [0.1, 0.15) is 32.1 Å². The summed E-state index contributed by atoms with van der Waals surface area (Å²) in [4.78, 5) is 35.5. The molecule has 1 aromatic carbocycles. The lowest BCUT2D eigenvalue weighted by Crippen LogP contribution is -2.39. The fourth-order valence-electron chi connectivity index (χ4n) is 2.66. The highest BCUT2D eigenvalue weighted by molar-refractivity contribution is 6.25. The lowest BCUT2D eigenvalue weighted by Gasteiger charge is -2.24. The molecule has 0 aliphatic rings. The second-order valence-corrected chi connectivity index (χ2v) is 5.62. The number of aryl methyl sites for hydroxylation is 2. The number of amides is 2. The molecule has 0 fully saturated rings. The van der Waals surface area contributed by atoms with Gasteiger partial charge >= 0.3 is 0 Å². The minimum Gasteiger partial charge on any atom is -0.266 e. The second kappa shape index (κ2) is 7.05. The van der Waals surface area contributed by atoms with Crippen LogP contribution < -0.4 is 4.90 Å². The molecule has 5 heteroatoms.